The molecule has 0 N–H and O–H groups in total. The molecule has 3 aromatic rings. The molecule has 0 aliphatic carbocycles. The van der Waals surface area contributed by atoms with Crippen molar-refractivity contribution >= 4 is 22.4 Å². The maximum atomic E-state index is 13.9. The van der Waals surface area contributed by atoms with Gasteiger partial charge in [-0.25, -0.2) is 9.37 Å². The van der Waals surface area contributed by atoms with Gasteiger partial charge >= 0.3 is 0 Å². The zero-order valence-corrected chi connectivity index (χ0v) is 14.5. The Bertz CT molecular complexity index is 967. The molecule has 0 bridgehead atoms. The van der Waals surface area contributed by atoms with Crippen LogP contribution in [0.2, 0.25) is 0 Å². The van der Waals surface area contributed by atoms with Crippen LogP contribution in [-0.2, 0) is 0 Å². The Hall–Kier alpha value is -3.02. The highest BCUT2D eigenvalue weighted by Crippen LogP contribution is 2.23. The molecule has 0 radical (unpaired) electrons. The van der Waals surface area contributed by atoms with Crippen LogP contribution < -0.4 is 4.90 Å². The summed E-state index contributed by atoms with van der Waals surface area (Å²) in [6.07, 6.45) is 4.77. The molecule has 3 heterocycles. The quantitative estimate of drug-likeness (QED) is 0.713. The van der Waals surface area contributed by atoms with Gasteiger partial charge < -0.3 is 9.80 Å². The van der Waals surface area contributed by atoms with E-state index in [0.29, 0.717) is 29.6 Å². The van der Waals surface area contributed by atoms with Crippen LogP contribution in [0.25, 0.3) is 10.8 Å². The lowest BCUT2D eigenvalue weighted by atomic mass is 10.1. The molecular formula is C20H19FN4O. The highest BCUT2D eigenvalue weighted by molar-refractivity contribution is 6.05. The third-order valence-electron chi connectivity index (χ3n) is 4.85. The maximum absolute atomic E-state index is 13.9. The Labute approximate surface area is 151 Å². The number of aryl methyl sites for hydroxylation is 1. The van der Waals surface area contributed by atoms with Crippen LogP contribution >= 0.6 is 0 Å². The Kier molecular flexibility index (Phi) is 4.24. The molecule has 0 atom stereocenters. The summed E-state index contributed by atoms with van der Waals surface area (Å²) in [7, 11) is 0. The first-order valence-corrected chi connectivity index (χ1v) is 8.63. The lowest BCUT2D eigenvalue weighted by Crippen LogP contribution is -2.49. The van der Waals surface area contributed by atoms with Gasteiger partial charge in [-0.05, 0) is 18.6 Å². The molecule has 1 aliphatic rings. The van der Waals surface area contributed by atoms with Gasteiger partial charge in [-0.15, -0.1) is 0 Å². The minimum atomic E-state index is -0.407. The van der Waals surface area contributed by atoms with E-state index in [0.717, 1.165) is 30.5 Å². The molecule has 4 rings (SSSR count). The van der Waals surface area contributed by atoms with Gasteiger partial charge in [-0.2, -0.15) is 0 Å². The number of pyridine rings is 2. The largest absolute Gasteiger partial charge is 0.368 e. The van der Waals surface area contributed by atoms with Crippen LogP contribution in [0.5, 0.6) is 0 Å². The Morgan fingerprint density at radius 3 is 2.50 bits per heavy atom. The van der Waals surface area contributed by atoms with Gasteiger partial charge in [0, 0.05) is 55.0 Å². The summed E-state index contributed by atoms with van der Waals surface area (Å²) < 4.78 is 13.9. The summed E-state index contributed by atoms with van der Waals surface area (Å²) in [6, 6.07) is 8.98. The minimum Gasteiger partial charge on any atom is -0.368 e. The number of rotatable bonds is 2. The molecule has 0 spiro atoms. The normalized spacial score (nSPS) is 14.7. The first kappa shape index (κ1) is 16.4. The predicted molar refractivity (Wildman–Crippen MR) is 98.8 cm³/mol. The third-order valence-corrected chi connectivity index (χ3v) is 4.85. The first-order chi connectivity index (χ1) is 12.6. The van der Waals surface area contributed by atoms with Crippen molar-refractivity contribution in [2.75, 3.05) is 31.1 Å². The molecule has 1 saturated heterocycles. The monoisotopic (exact) mass is 350 g/mol. The number of piperazine rings is 1. The van der Waals surface area contributed by atoms with Gasteiger partial charge in [0.15, 0.2) is 0 Å². The van der Waals surface area contributed by atoms with E-state index in [1.165, 1.54) is 0 Å². The second kappa shape index (κ2) is 6.71. The highest BCUT2D eigenvalue weighted by atomic mass is 19.1. The van der Waals surface area contributed by atoms with Crippen molar-refractivity contribution < 1.29 is 9.18 Å². The van der Waals surface area contributed by atoms with E-state index in [4.69, 9.17) is 0 Å². The summed E-state index contributed by atoms with van der Waals surface area (Å²) in [6.45, 7) is 4.74. The lowest BCUT2D eigenvalue weighted by molar-refractivity contribution is 0.0743. The van der Waals surface area contributed by atoms with Gasteiger partial charge in [0.05, 0.1) is 6.20 Å². The second-order valence-electron chi connectivity index (χ2n) is 6.44. The number of carbonyl (C=O) groups excluding carboxylic acids is 1. The maximum Gasteiger partial charge on any atom is 0.273 e. The average molecular weight is 350 g/mol. The Morgan fingerprint density at radius 2 is 1.77 bits per heavy atom. The van der Waals surface area contributed by atoms with E-state index >= 15 is 0 Å². The summed E-state index contributed by atoms with van der Waals surface area (Å²) in [5, 5.41) is 0.988. The van der Waals surface area contributed by atoms with Gasteiger partial charge in [0.2, 0.25) is 0 Å². The number of fused-ring (bicyclic) bond motifs is 1. The van der Waals surface area contributed by atoms with E-state index in [1.54, 1.807) is 35.4 Å². The SMILES string of the molecule is Cc1cnccc1N1CCN(C(=O)c2ncc(F)c3ccccc23)CC1. The van der Waals surface area contributed by atoms with Gasteiger partial charge in [-0.3, -0.25) is 9.78 Å². The Balaban J connectivity index is 1.55. The number of nitrogens with zero attached hydrogens (tertiary/aromatic N) is 4. The van der Waals surface area contributed by atoms with Crippen molar-refractivity contribution in [3.63, 3.8) is 0 Å². The van der Waals surface area contributed by atoms with E-state index < -0.39 is 5.82 Å². The number of hydrogen-bond donors (Lipinski definition) is 0. The van der Waals surface area contributed by atoms with E-state index in [1.807, 2.05) is 19.2 Å². The van der Waals surface area contributed by atoms with E-state index in [-0.39, 0.29) is 5.91 Å². The zero-order valence-electron chi connectivity index (χ0n) is 14.5. The minimum absolute atomic E-state index is 0.146. The first-order valence-electron chi connectivity index (χ1n) is 8.63. The van der Waals surface area contributed by atoms with Crippen LogP contribution in [0.4, 0.5) is 10.1 Å². The summed E-state index contributed by atoms with van der Waals surface area (Å²) in [4.78, 5) is 25.2. The van der Waals surface area contributed by atoms with Gasteiger partial charge in [0.25, 0.3) is 5.91 Å². The number of hydrogen-bond acceptors (Lipinski definition) is 4. The number of aromatic nitrogens is 2. The predicted octanol–water partition coefficient (Wildman–Crippen LogP) is 3.04. The molecule has 6 heteroatoms. The van der Waals surface area contributed by atoms with Crippen molar-refractivity contribution in [2.45, 2.75) is 6.92 Å². The molecule has 26 heavy (non-hydrogen) atoms. The molecule has 5 nitrogen and oxygen atoms in total. The van der Waals surface area contributed by atoms with Crippen LogP contribution in [0.1, 0.15) is 16.1 Å². The van der Waals surface area contributed by atoms with Crippen molar-refractivity contribution in [3.05, 3.63) is 66.0 Å². The highest BCUT2D eigenvalue weighted by Gasteiger charge is 2.25. The zero-order chi connectivity index (χ0) is 18.1. The summed E-state index contributed by atoms with van der Waals surface area (Å²) in [5.74, 6) is -0.553. The van der Waals surface area contributed by atoms with Gasteiger partial charge in [-0.1, -0.05) is 24.3 Å². The van der Waals surface area contributed by atoms with Crippen molar-refractivity contribution in [3.8, 4) is 0 Å². The molecule has 0 saturated carbocycles. The standard InChI is InChI=1S/C20H19FN4O/c1-14-12-22-7-6-18(14)24-8-10-25(11-9-24)20(26)19-16-5-3-2-4-15(16)17(21)13-23-19/h2-7,12-13H,8-11H2,1H3. The fourth-order valence-electron chi connectivity index (χ4n) is 3.45. The average Bonchev–Trinajstić information content (AvgIpc) is 2.69. The third kappa shape index (κ3) is 2.87. The van der Waals surface area contributed by atoms with Crippen molar-refractivity contribution in [1.29, 1.82) is 0 Å². The molecule has 1 aliphatic heterocycles. The van der Waals surface area contributed by atoms with Crippen LogP contribution in [0, 0.1) is 12.7 Å². The van der Waals surface area contributed by atoms with Crippen molar-refractivity contribution in [2.24, 2.45) is 0 Å². The molecular weight excluding hydrogens is 331 g/mol. The van der Waals surface area contributed by atoms with Gasteiger partial charge in [0.1, 0.15) is 11.5 Å². The van der Waals surface area contributed by atoms with E-state index in [2.05, 4.69) is 14.9 Å². The fourth-order valence-corrected chi connectivity index (χ4v) is 3.45. The summed E-state index contributed by atoms with van der Waals surface area (Å²) >= 11 is 0. The van der Waals surface area contributed by atoms with Crippen molar-refractivity contribution in [1.82, 2.24) is 14.9 Å². The van der Waals surface area contributed by atoms with E-state index in [9.17, 15) is 9.18 Å². The molecule has 2 aromatic heterocycles. The van der Waals surface area contributed by atoms with Crippen LogP contribution in [0.15, 0.2) is 48.9 Å². The lowest BCUT2D eigenvalue weighted by Gasteiger charge is -2.36. The second-order valence-corrected chi connectivity index (χ2v) is 6.44. The Morgan fingerprint density at radius 1 is 1.04 bits per heavy atom. The number of halogens is 1. The molecule has 1 amide bonds. The molecule has 1 fully saturated rings. The number of carbonyl (C=O) groups is 1. The number of amides is 1. The number of benzene rings is 1. The topological polar surface area (TPSA) is 49.3 Å². The molecule has 132 valence electrons. The van der Waals surface area contributed by atoms with Crippen LogP contribution in [0.3, 0.4) is 0 Å². The summed E-state index contributed by atoms with van der Waals surface area (Å²) in [5.41, 5.74) is 2.59. The van der Waals surface area contributed by atoms with Crippen LogP contribution in [-0.4, -0.2) is 47.0 Å². The molecule has 0 unspecified atom stereocenters. The number of anilines is 1. The fraction of sp³-hybridized carbons (Fsp3) is 0.250. The smallest absolute Gasteiger partial charge is 0.273 e. The molecule has 1 aromatic carbocycles.